The number of benzene rings is 1. The molecule has 4 rings (SSSR count). The summed E-state index contributed by atoms with van der Waals surface area (Å²) in [5, 5.41) is 0.580. The molecule has 0 aliphatic carbocycles. The summed E-state index contributed by atoms with van der Waals surface area (Å²) in [5.74, 6) is 0. The first-order valence-electron chi connectivity index (χ1n) is 10.4. The van der Waals surface area contributed by atoms with Crippen LogP contribution in [0.25, 0.3) is 0 Å². The Morgan fingerprint density at radius 3 is 2.27 bits per heavy atom. The third-order valence-electron chi connectivity index (χ3n) is 6.09. The van der Waals surface area contributed by atoms with Gasteiger partial charge >= 0.3 is 18.4 Å². The van der Waals surface area contributed by atoms with E-state index < -0.39 is 24.5 Å². The molecule has 2 atom stereocenters. The van der Waals surface area contributed by atoms with E-state index in [1.54, 1.807) is 6.07 Å². The minimum atomic E-state index is -5.74. The molecule has 1 amide bonds. The van der Waals surface area contributed by atoms with Crippen molar-refractivity contribution in [1.82, 2.24) is 9.80 Å². The van der Waals surface area contributed by atoms with Crippen molar-refractivity contribution in [2.24, 2.45) is 0 Å². The molecule has 3 fully saturated rings. The first kappa shape index (κ1) is 24.2. The fraction of sp³-hybridized carbons (Fsp3) is 0.650. The van der Waals surface area contributed by atoms with E-state index in [9.17, 15) is 31.1 Å². The minimum Gasteiger partial charge on any atom is -0.426 e. The zero-order valence-corrected chi connectivity index (χ0v) is 18.1. The highest BCUT2D eigenvalue weighted by molar-refractivity contribution is 6.30. The van der Waals surface area contributed by atoms with Gasteiger partial charge in [0, 0.05) is 43.4 Å². The lowest BCUT2D eigenvalue weighted by Gasteiger charge is -2.36. The largest absolute Gasteiger partial charge is 0.434 e. The standard InChI is InChI=1S/C20H22ClF6N3O3/c21-13-2-1-12(15(9-13)30-14-3-4-16(30)32-11-14)10-28-5-7-29(8-6-28)18(31)33-17(19(22,23)24)20(25,26)27/h1-2,9,14,16-17H,3-8,10-11H2. The molecule has 2 unspecified atom stereocenters. The van der Waals surface area contributed by atoms with Crippen LogP contribution in [0.15, 0.2) is 18.2 Å². The van der Waals surface area contributed by atoms with Gasteiger partial charge in [0.15, 0.2) is 0 Å². The van der Waals surface area contributed by atoms with Crippen LogP contribution in [-0.2, 0) is 16.0 Å². The van der Waals surface area contributed by atoms with Crippen molar-refractivity contribution in [2.75, 3.05) is 37.7 Å². The first-order chi connectivity index (χ1) is 15.4. The maximum absolute atomic E-state index is 12.7. The monoisotopic (exact) mass is 501 g/mol. The first-order valence-corrected chi connectivity index (χ1v) is 10.8. The number of nitrogens with zero attached hydrogens (tertiary/aromatic N) is 3. The van der Waals surface area contributed by atoms with Gasteiger partial charge in [0.2, 0.25) is 0 Å². The van der Waals surface area contributed by atoms with Gasteiger partial charge in [-0.05, 0) is 30.5 Å². The van der Waals surface area contributed by atoms with Crippen molar-refractivity contribution in [2.45, 2.75) is 50.1 Å². The number of anilines is 1. The molecule has 1 aromatic carbocycles. The highest BCUT2D eigenvalue weighted by atomic mass is 35.5. The Labute approximate surface area is 190 Å². The summed E-state index contributed by atoms with van der Waals surface area (Å²) in [6.45, 7) is 1.56. The number of amides is 1. The molecular weight excluding hydrogens is 480 g/mol. The maximum Gasteiger partial charge on any atom is 0.434 e. The van der Waals surface area contributed by atoms with Gasteiger partial charge in [0.05, 0.1) is 12.6 Å². The van der Waals surface area contributed by atoms with E-state index in [1.165, 1.54) is 0 Å². The smallest absolute Gasteiger partial charge is 0.426 e. The molecule has 3 heterocycles. The van der Waals surface area contributed by atoms with Crippen LogP contribution in [0.2, 0.25) is 5.02 Å². The molecule has 3 aliphatic heterocycles. The normalized spacial score (nSPS) is 24.1. The predicted molar refractivity (Wildman–Crippen MR) is 106 cm³/mol. The molecule has 3 aliphatic rings. The average molecular weight is 502 g/mol. The Kier molecular flexibility index (Phi) is 6.62. The second kappa shape index (κ2) is 9.03. The molecule has 0 N–H and O–H groups in total. The summed E-state index contributed by atoms with van der Waals surface area (Å²) in [7, 11) is 0. The molecule has 0 radical (unpaired) electrons. The summed E-state index contributed by atoms with van der Waals surface area (Å²) >= 11 is 6.21. The van der Waals surface area contributed by atoms with Crippen LogP contribution in [0.1, 0.15) is 18.4 Å². The van der Waals surface area contributed by atoms with E-state index in [0.717, 1.165) is 29.0 Å². The number of carbonyl (C=O) groups is 1. The topological polar surface area (TPSA) is 45.2 Å². The van der Waals surface area contributed by atoms with Crippen LogP contribution < -0.4 is 4.90 Å². The number of ether oxygens (including phenoxy) is 2. The highest BCUT2D eigenvalue weighted by Crippen LogP contribution is 2.40. The molecule has 184 valence electrons. The van der Waals surface area contributed by atoms with E-state index in [1.807, 2.05) is 17.0 Å². The lowest BCUT2D eigenvalue weighted by molar-refractivity contribution is -0.308. The molecule has 1 aromatic rings. The van der Waals surface area contributed by atoms with Gasteiger partial charge in [-0.25, -0.2) is 4.79 Å². The van der Waals surface area contributed by atoms with Crippen molar-refractivity contribution in [3.05, 3.63) is 28.8 Å². The Morgan fingerprint density at radius 2 is 1.76 bits per heavy atom. The lowest BCUT2D eigenvalue weighted by atomic mass is 10.1. The maximum atomic E-state index is 12.7. The Morgan fingerprint density at radius 1 is 1.09 bits per heavy atom. The molecule has 0 spiro atoms. The summed E-state index contributed by atoms with van der Waals surface area (Å²) in [5.41, 5.74) is 1.93. The van der Waals surface area contributed by atoms with Crippen molar-refractivity contribution >= 4 is 23.4 Å². The quantitative estimate of drug-likeness (QED) is 0.572. The van der Waals surface area contributed by atoms with Gasteiger partial charge in [0.25, 0.3) is 6.10 Å². The number of hydrogen-bond donors (Lipinski definition) is 0. The number of hydrogen-bond acceptors (Lipinski definition) is 5. The molecule has 33 heavy (non-hydrogen) atoms. The molecule has 6 nitrogen and oxygen atoms in total. The van der Waals surface area contributed by atoms with E-state index in [-0.39, 0.29) is 38.4 Å². The van der Waals surface area contributed by atoms with Crippen molar-refractivity contribution in [3.63, 3.8) is 0 Å². The Bertz CT molecular complexity index is 842. The van der Waals surface area contributed by atoms with Crippen LogP contribution in [0, 0.1) is 0 Å². The van der Waals surface area contributed by atoms with Gasteiger partial charge in [-0.3, -0.25) is 4.90 Å². The van der Waals surface area contributed by atoms with Crippen molar-refractivity contribution < 1.29 is 40.6 Å². The number of fused-ring (bicyclic) bond motifs is 2. The summed E-state index contributed by atoms with van der Waals surface area (Å²) in [6.07, 6.45) is -15.3. The molecule has 3 saturated heterocycles. The van der Waals surface area contributed by atoms with Crippen LogP contribution in [0.4, 0.5) is 36.8 Å². The predicted octanol–water partition coefficient (Wildman–Crippen LogP) is 4.41. The number of rotatable bonds is 4. The van der Waals surface area contributed by atoms with E-state index >= 15 is 0 Å². The van der Waals surface area contributed by atoms with Crippen molar-refractivity contribution in [3.8, 4) is 0 Å². The van der Waals surface area contributed by atoms with E-state index in [2.05, 4.69) is 9.64 Å². The summed E-state index contributed by atoms with van der Waals surface area (Å²) < 4.78 is 85.5. The molecule has 13 heteroatoms. The van der Waals surface area contributed by atoms with Gasteiger partial charge < -0.3 is 19.3 Å². The number of piperazine rings is 1. The zero-order chi connectivity index (χ0) is 24.0. The van der Waals surface area contributed by atoms with Crippen LogP contribution in [0.5, 0.6) is 0 Å². The van der Waals surface area contributed by atoms with Crippen LogP contribution >= 0.6 is 11.6 Å². The Balaban J connectivity index is 1.37. The van der Waals surface area contributed by atoms with Crippen molar-refractivity contribution in [1.29, 1.82) is 0 Å². The lowest BCUT2D eigenvalue weighted by Crippen LogP contribution is -2.52. The Hall–Kier alpha value is -1.92. The second-order valence-electron chi connectivity index (χ2n) is 8.31. The number of carbonyl (C=O) groups excluding carboxylic acids is 1. The van der Waals surface area contributed by atoms with Gasteiger partial charge in [-0.2, -0.15) is 26.3 Å². The average Bonchev–Trinajstić information content (AvgIpc) is 3.32. The molecule has 0 aromatic heterocycles. The summed E-state index contributed by atoms with van der Waals surface area (Å²) in [4.78, 5) is 17.0. The van der Waals surface area contributed by atoms with Gasteiger partial charge in [-0.15, -0.1) is 0 Å². The van der Waals surface area contributed by atoms with Crippen LogP contribution in [-0.4, -0.2) is 79.4 Å². The van der Waals surface area contributed by atoms with Gasteiger partial charge in [0.1, 0.15) is 6.23 Å². The fourth-order valence-corrected chi connectivity index (χ4v) is 4.65. The third-order valence-corrected chi connectivity index (χ3v) is 6.33. The number of halogens is 7. The van der Waals surface area contributed by atoms with Crippen LogP contribution in [0.3, 0.4) is 0 Å². The van der Waals surface area contributed by atoms with Gasteiger partial charge in [-0.1, -0.05) is 17.7 Å². The molecule has 2 bridgehead atoms. The third kappa shape index (κ3) is 5.27. The molecular formula is C20H22ClF6N3O3. The van der Waals surface area contributed by atoms with E-state index in [4.69, 9.17) is 16.3 Å². The number of alkyl halides is 6. The zero-order valence-electron chi connectivity index (χ0n) is 17.3. The fourth-order valence-electron chi connectivity index (χ4n) is 4.48. The second-order valence-corrected chi connectivity index (χ2v) is 8.75. The minimum absolute atomic E-state index is 0.00551. The highest BCUT2D eigenvalue weighted by Gasteiger charge is 2.60. The van der Waals surface area contributed by atoms with E-state index in [0.29, 0.717) is 18.2 Å². The molecule has 0 saturated carbocycles. The summed E-state index contributed by atoms with van der Waals surface area (Å²) in [6, 6.07) is 5.81. The SMILES string of the molecule is O=C(OC(C(F)(F)F)C(F)(F)F)N1CCN(Cc2ccc(Cl)cc2N2C3CCC2OC3)CC1.